The molecule has 3 heterocycles. The second kappa shape index (κ2) is 5.72. The molecule has 1 atom stereocenters. The van der Waals surface area contributed by atoms with Crippen molar-refractivity contribution >= 4 is 22.9 Å². The third kappa shape index (κ3) is 2.25. The van der Waals surface area contributed by atoms with Crippen molar-refractivity contribution in [2.45, 2.75) is 18.9 Å². The highest BCUT2D eigenvalue weighted by Gasteiger charge is 2.38. The van der Waals surface area contributed by atoms with E-state index in [4.69, 9.17) is 11.6 Å². The molecule has 2 aromatic heterocycles. The Kier molecular flexibility index (Phi) is 3.66. The number of rotatable bonds is 2. The number of benzene rings is 1. The molecule has 0 radical (unpaired) electrons. The van der Waals surface area contributed by atoms with Crippen molar-refractivity contribution in [2.75, 3.05) is 0 Å². The lowest BCUT2D eigenvalue weighted by molar-refractivity contribution is -0.715. The zero-order chi connectivity index (χ0) is 16.8. The van der Waals surface area contributed by atoms with Gasteiger partial charge < -0.3 is 5.11 Å². The average Bonchev–Trinajstić information content (AvgIpc) is 3.20. The number of nitrogens with zero attached hydrogens (tertiary/aromatic N) is 3. The third-order valence-corrected chi connectivity index (χ3v) is 5.69. The molecule has 1 aliphatic rings. The van der Waals surface area contributed by atoms with Gasteiger partial charge in [0, 0.05) is 12.6 Å². The summed E-state index contributed by atoms with van der Waals surface area (Å²) in [6.07, 6.45) is 3.26. The van der Waals surface area contributed by atoms with E-state index in [0.717, 1.165) is 17.1 Å². The normalized spacial score (nSPS) is 16.3. The van der Waals surface area contributed by atoms with Gasteiger partial charge in [-0.3, -0.25) is 0 Å². The minimum atomic E-state index is -0.187. The molecule has 7 heteroatoms. The van der Waals surface area contributed by atoms with Gasteiger partial charge >= 0.3 is 5.56 Å². The van der Waals surface area contributed by atoms with Crippen LogP contribution >= 0.6 is 22.9 Å². The van der Waals surface area contributed by atoms with Crippen molar-refractivity contribution in [3.63, 3.8) is 0 Å². The summed E-state index contributed by atoms with van der Waals surface area (Å²) in [5, 5.41) is 10.9. The predicted octanol–water partition coefficient (Wildman–Crippen LogP) is 2.69. The molecule has 1 N–H and O–H groups in total. The maximum Gasteiger partial charge on any atom is 0.349 e. The van der Waals surface area contributed by atoms with Crippen molar-refractivity contribution in [1.29, 1.82) is 0 Å². The van der Waals surface area contributed by atoms with Crippen LogP contribution < -0.4 is 10.1 Å². The molecule has 1 aromatic carbocycles. The lowest BCUT2D eigenvalue weighted by Gasteiger charge is -2.12. The Labute approximate surface area is 147 Å². The molecule has 122 valence electrons. The van der Waals surface area contributed by atoms with Crippen LogP contribution in [0.4, 0.5) is 0 Å². The van der Waals surface area contributed by atoms with Gasteiger partial charge in [-0.2, -0.15) is 9.13 Å². The standard InChI is InChI=1S/C17H14ClN3O2S/c1-20-13-8-7-11(12-9-19-17(18)24-12)21(13)16(23)14(15(20)22)10-5-3-2-4-6-10/h2-6,9,11H,7-8H2,1H3/p+1/t11-/m1/s1. The van der Waals surface area contributed by atoms with Crippen molar-refractivity contribution in [3.05, 3.63) is 62.1 Å². The number of aromatic nitrogens is 3. The molecule has 1 aliphatic heterocycles. The predicted molar refractivity (Wildman–Crippen MR) is 92.6 cm³/mol. The fourth-order valence-corrected chi connectivity index (χ4v) is 4.42. The summed E-state index contributed by atoms with van der Waals surface area (Å²) in [5.41, 5.74) is 0.844. The van der Waals surface area contributed by atoms with Gasteiger partial charge in [-0.15, -0.1) is 11.3 Å². The third-order valence-electron chi connectivity index (χ3n) is 4.47. The highest BCUT2D eigenvalue weighted by molar-refractivity contribution is 7.15. The number of hydrogen-bond donors (Lipinski definition) is 1. The van der Waals surface area contributed by atoms with Crippen LogP contribution in [0.2, 0.25) is 4.47 Å². The highest BCUT2D eigenvalue weighted by Crippen LogP contribution is 2.34. The van der Waals surface area contributed by atoms with Crippen molar-refractivity contribution in [3.8, 4) is 17.0 Å². The molecular weight excluding hydrogens is 346 g/mol. The van der Waals surface area contributed by atoms with E-state index in [1.165, 1.54) is 11.3 Å². The zero-order valence-corrected chi connectivity index (χ0v) is 14.5. The molecular formula is C17H15ClN3O2S+. The molecule has 0 aliphatic carbocycles. The van der Waals surface area contributed by atoms with Crippen LogP contribution in [0, 0.1) is 0 Å². The lowest BCUT2D eigenvalue weighted by atomic mass is 10.1. The van der Waals surface area contributed by atoms with Gasteiger partial charge in [-0.25, -0.2) is 9.78 Å². The van der Waals surface area contributed by atoms with Crippen LogP contribution in [0.5, 0.6) is 5.88 Å². The van der Waals surface area contributed by atoms with E-state index in [2.05, 4.69) is 4.98 Å². The van der Waals surface area contributed by atoms with E-state index in [0.29, 0.717) is 22.0 Å². The summed E-state index contributed by atoms with van der Waals surface area (Å²) in [7, 11) is 1.75. The van der Waals surface area contributed by atoms with E-state index in [1.54, 1.807) is 17.8 Å². The molecule has 24 heavy (non-hydrogen) atoms. The largest absolute Gasteiger partial charge is 0.477 e. The van der Waals surface area contributed by atoms with Gasteiger partial charge in [0.1, 0.15) is 6.04 Å². The molecule has 0 unspecified atom stereocenters. The highest BCUT2D eigenvalue weighted by atomic mass is 35.5. The zero-order valence-electron chi connectivity index (χ0n) is 12.9. The van der Waals surface area contributed by atoms with Crippen LogP contribution in [0.3, 0.4) is 0 Å². The Hall–Kier alpha value is -2.18. The van der Waals surface area contributed by atoms with E-state index in [9.17, 15) is 9.90 Å². The first-order chi connectivity index (χ1) is 11.6. The van der Waals surface area contributed by atoms with Crippen LogP contribution in [0.25, 0.3) is 11.1 Å². The summed E-state index contributed by atoms with van der Waals surface area (Å²) < 4.78 is 3.95. The minimum absolute atomic E-state index is 0.00585. The second-order valence-electron chi connectivity index (χ2n) is 5.79. The Bertz CT molecular complexity index is 981. The monoisotopic (exact) mass is 360 g/mol. The quantitative estimate of drug-likeness (QED) is 0.715. The molecule has 0 fully saturated rings. The summed E-state index contributed by atoms with van der Waals surface area (Å²) in [4.78, 5) is 17.8. The topological polar surface area (TPSA) is 59.0 Å². The first-order valence-electron chi connectivity index (χ1n) is 7.61. The van der Waals surface area contributed by atoms with Gasteiger partial charge in [0.15, 0.2) is 10.0 Å². The molecule has 0 saturated heterocycles. The van der Waals surface area contributed by atoms with Gasteiger partial charge in [0.05, 0.1) is 18.3 Å². The smallest absolute Gasteiger partial charge is 0.349 e. The van der Waals surface area contributed by atoms with Crippen LogP contribution in [-0.2, 0) is 13.5 Å². The molecule has 5 nitrogen and oxygen atoms in total. The molecule has 0 spiro atoms. The number of fused-ring (bicyclic) bond motifs is 1. The van der Waals surface area contributed by atoms with Crippen LogP contribution in [0.15, 0.2) is 41.3 Å². The second-order valence-corrected chi connectivity index (χ2v) is 7.43. The SMILES string of the molecule is Cn1c2[n+](c(O)c(-c3ccccc3)c1=O)[C@@H](c1cnc(Cl)s1)CC2. The van der Waals surface area contributed by atoms with E-state index in [-0.39, 0.29) is 17.5 Å². The van der Waals surface area contributed by atoms with Gasteiger partial charge in [0.25, 0.3) is 11.7 Å². The maximum atomic E-state index is 12.8. The summed E-state index contributed by atoms with van der Waals surface area (Å²) >= 11 is 7.37. The molecule has 3 aromatic rings. The van der Waals surface area contributed by atoms with Gasteiger partial charge in [-0.05, 0) is 5.56 Å². The maximum absolute atomic E-state index is 12.8. The minimum Gasteiger partial charge on any atom is -0.477 e. The number of hydrogen-bond acceptors (Lipinski definition) is 4. The van der Waals surface area contributed by atoms with Crippen molar-refractivity contribution < 1.29 is 9.67 Å². The first kappa shape index (κ1) is 15.4. The first-order valence-corrected chi connectivity index (χ1v) is 8.80. The van der Waals surface area contributed by atoms with Gasteiger partial charge in [-0.1, -0.05) is 41.9 Å². The van der Waals surface area contributed by atoms with Crippen LogP contribution in [-0.4, -0.2) is 14.7 Å². The fourth-order valence-electron chi connectivity index (χ4n) is 3.34. The fraction of sp³-hybridized carbons (Fsp3) is 0.235. The lowest BCUT2D eigenvalue weighted by Crippen LogP contribution is -2.45. The summed E-state index contributed by atoms with van der Waals surface area (Å²) in [5.74, 6) is 0.818. The van der Waals surface area contributed by atoms with E-state index in [1.807, 2.05) is 34.9 Å². The Balaban J connectivity index is 1.97. The number of aromatic hydroxyl groups is 1. The molecule has 0 saturated carbocycles. The van der Waals surface area contributed by atoms with Crippen molar-refractivity contribution in [2.24, 2.45) is 7.05 Å². The Morgan fingerprint density at radius 2 is 2.12 bits per heavy atom. The molecule has 0 bridgehead atoms. The Morgan fingerprint density at radius 1 is 1.38 bits per heavy atom. The summed E-state index contributed by atoms with van der Waals surface area (Å²) in [6.45, 7) is 0. The van der Waals surface area contributed by atoms with Crippen LogP contribution in [0.1, 0.15) is 23.2 Å². The van der Waals surface area contributed by atoms with E-state index < -0.39 is 0 Å². The molecule has 4 rings (SSSR count). The Morgan fingerprint density at radius 3 is 2.79 bits per heavy atom. The summed E-state index contributed by atoms with van der Waals surface area (Å²) in [6, 6.07) is 9.19. The number of thiazole rings is 1. The number of halogens is 1. The van der Waals surface area contributed by atoms with Crippen molar-refractivity contribution in [1.82, 2.24) is 9.55 Å². The van der Waals surface area contributed by atoms with E-state index >= 15 is 0 Å². The molecule has 0 amide bonds. The average molecular weight is 361 g/mol. The van der Waals surface area contributed by atoms with Gasteiger partial charge in [0.2, 0.25) is 0 Å².